The molecule has 1 aliphatic heterocycles. The van der Waals surface area contributed by atoms with Gasteiger partial charge in [0.25, 0.3) is 5.24 Å². The molecule has 4 rings (SSSR count). The van der Waals surface area contributed by atoms with Crippen LogP contribution in [0.4, 0.5) is 4.79 Å². The van der Waals surface area contributed by atoms with Gasteiger partial charge in [-0.15, -0.1) is 11.3 Å². The number of nitrogens with zero attached hydrogens (tertiary/aromatic N) is 2. The van der Waals surface area contributed by atoms with Crippen LogP contribution in [0.1, 0.15) is 37.7 Å². The Morgan fingerprint density at radius 2 is 1.97 bits per heavy atom. The number of carbonyl (C=O) groups excluding carboxylic acids is 1. The molecule has 0 saturated carbocycles. The SMILES string of the molecule is O=C(O)c1ccc(CCN2C(=O)SCCN2CC[C@@H](O)Cc2cccc(C#Cc3ccsc3)c2)s1. The molecule has 2 aromatic heterocycles. The van der Waals surface area contributed by atoms with E-state index in [4.69, 9.17) is 5.11 Å². The second-order valence-electron chi connectivity index (χ2n) is 8.12. The van der Waals surface area contributed by atoms with Gasteiger partial charge in [0.1, 0.15) is 4.88 Å². The lowest BCUT2D eigenvalue weighted by molar-refractivity contribution is 0.0148. The van der Waals surface area contributed by atoms with Crippen LogP contribution in [0, 0.1) is 11.8 Å². The Hall–Kier alpha value is -2.61. The van der Waals surface area contributed by atoms with Gasteiger partial charge in [-0.05, 0) is 54.1 Å². The molecule has 0 aliphatic carbocycles. The molecule has 1 atom stereocenters. The van der Waals surface area contributed by atoms with E-state index in [1.165, 1.54) is 23.1 Å². The molecule has 0 bridgehead atoms. The van der Waals surface area contributed by atoms with Crippen LogP contribution in [0.3, 0.4) is 0 Å². The monoisotopic (exact) mass is 526 g/mol. The molecule has 9 heteroatoms. The number of aliphatic hydroxyl groups is 1. The van der Waals surface area contributed by atoms with E-state index in [9.17, 15) is 14.7 Å². The zero-order valence-corrected chi connectivity index (χ0v) is 21.5. The minimum atomic E-state index is -0.929. The van der Waals surface area contributed by atoms with Gasteiger partial charge < -0.3 is 10.2 Å². The minimum absolute atomic E-state index is 0.00217. The van der Waals surface area contributed by atoms with E-state index in [1.807, 2.05) is 52.2 Å². The lowest BCUT2D eigenvalue weighted by Gasteiger charge is -2.38. The zero-order valence-electron chi connectivity index (χ0n) is 19.1. The van der Waals surface area contributed by atoms with Gasteiger partial charge in [0.15, 0.2) is 0 Å². The highest BCUT2D eigenvalue weighted by atomic mass is 32.2. The summed E-state index contributed by atoms with van der Waals surface area (Å²) in [5.41, 5.74) is 2.95. The lowest BCUT2D eigenvalue weighted by atomic mass is 10.0. The summed E-state index contributed by atoms with van der Waals surface area (Å²) in [5, 5.41) is 27.6. The Morgan fingerprint density at radius 3 is 2.74 bits per heavy atom. The first-order chi connectivity index (χ1) is 17.0. The number of aromatic carboxylic acids is 1. The van der Waals surface area contributed by atoms with E-state index in [0.717, 1.165) is 33.9 Å². The third-order valence-electron chi connectivity index (χ3n) is 5.56. The summed E-state index contributed by atoms with van der Waals surface area (Å²) < 4.78 is 0. The standard InChI is InChI=1S/C26H26N2O4S3/c29-22(17-21-3-1-2-19(16-21)4-5-20-10-14-33-18-20)8-11-27-13-15-34-26(32)28(27)12-9-23-6-7-24(35-23)25(30)31/h1-3,6-7,10,14,16,18,22,29H,8-9,11-13,15,17H2,(H,30,31)/t22-/m1/s1. The Kier molecular flexibility index (Phi) is 9.01. The maximum absolute atomic E-state index is 12.5. The van der Waals surface area contributed by atoms with Crippen molar-refractivity contribution >= 4 is 45.6 Å². The van der Waals surface area contributed by atoms with Gasteiger partial charge in [-0.25, -0.2) is 9.80 Å². The van der Waals surface area contributed by atoms with Crippen molar-refractivity contribution in [3.63, 3.8) is 0 Å². The van der Waals surface area contributed by atoms with Crippen LogP contribution in [-0.2, 0) is 12.8 Å². The summed E-state index contributed by atoms with van der Waals surface area (Å²) in [4.78, 5) is 24.9. The predicted octanol–water partition coefficient (Wildman–Crippen LogP) is 4.83. The van der Waals surface area contributed by atoms with E-state index < -0.39 is 12.1 Å². The van der Waals surface area contributed by atoms with Crippen molar-refractivity contribution in [1.82, 2.24) is 10.0 Å². The Balaban J connectivity index is 1.30. The van der Waals surface area contributed by atoms with Crippen LogP contribution in [0.15, 0.2) is 53.2 Å². The number of hydrogen-bond acceptors (Lipinski definition) is 7. The van der Waals surface area contributed by atoms with Crippen molar-refractivity contribution in [3.8, 4) is 11.8 Å². The highest BCUT2D eigenvalue weighted by Gasteiger charge is 2.27. The van der Waals surface area contributed by atoms with E-state index in [1.54, 1.807) is 22.4 Å². The molecule has 1 aromatic carbocycles. The fourth-order valence-corrected chi connectivity index (χ4v) is 6.04. The first-order valence-corrected chi connectivity index (χ1v) is 14.0. The predicted molar refractivity (Wildman–Crippen MR) is 142 cm³/mol. The summed E-state index contributed by atoms with van der Waals surface area (Å²) in [6.07, 6.45) is 1.14. The number of thiophene rings is 2. The minimum Gasteiger partial charge on any atom is -0.477 e. The third-order valence-corrected chi connectivity index (χ3v) is 8.22. The largest absolute Gasteiger partial charge is 0.477 e. The van der Waals surface area contributed by atoms with Gasteiger partial charge in [0, 0.05) is 53.2 Å². The summed E-state index contributed by atoms with van der Waals surface area (Å²) in [5.74, 6) is 6.12. The first-order valence-electron chi connectivity index (χ1n) is 11.3. The Labute approximate surface area is 217 Å². The van der Waals surface area contributed by atoms with Gasteiger partial charge in [0.2, 0.25) is 0 Å². The van der Waals surface area contributed by atoms with Crippen molar-refractivity contribution < 1.29 is 19.8 Å². The van der Waals surface area contributed by atoms with Crippen LogP contribution in [0.2, 0.25) is 0 Å². The van der Waals surface area contributed by atoms with Crippen LogP contribution in [-0.4, -0.2) is 62.9 Å². The van der Waals surface area contributed by atoms with Gasteiger partial charge in [-0.2, -0.15) is 11.3 Å². The van der Waals surface area contributed by atoms with Crippen LogP contribution in [0.5, 0.6) is 0 Å². The normalized spacial score (nSPS) is 15.0. The molecule has 6 nitrogen and oxygen atoms in total. The summed E-state index contributed by atoms with van der Waals surface area (Å²) in [6.45, 7) is 1.81. The average molecular weight is 527 g/mol. The van der Waals surface area contributed by atoms with E-state index >= 15 is 0 Å². The molecule has 0 unspecified atom stereocenters. The molecule has 182 valence electrons. The summed E-state index contributed by atoms with van der Waals surface area (Å²) in [7, 11) is 0. The van der Waals surface area contributed by atoms with Crippen LogP contribution >= 0.6 is 34.4 Å². The maximum Gasteiger partial charge on any atom is 0.345 e. The van der Waals surface area contributed by atoms with Crippen molar-refractivity contribution in [2.45, 2.75) is 25.4 Å². The second kappa shape index (κ2) is 12.4. The molecule has 3 heterocycles. The fraction of sp³-hybridized carbons (Fsp3) is 0.308. The van der Waals surface area contributed by atoms with Gasteiger partial charge in [-0.1, -0.05) is 35.7 Å². The number of carboxylic acid groups (broad SMARTS) is 1. The zero-order chi connectivity index (χ0) is 24.6. The Morgan fingerprint density at radius 1 is 1.11 bits per heavy atom. The number of carboxylic acids is 1. The average Bonchev–Trinajstić information content (AvgIpc) is 3.53. The van der Waals surface area contributed by atoms with Crippen molar-refractivity contribution in [3.05, 3.63) is 79.7 Å². The van der Waals surface area contributed by atoms with Crippen molar-refractivity contribution in [2.75, 3.05) is 25.4 Å². The van der Waals surface area contributed by atoms with E-state index in [0.29, 0.717) is 37.2 Å². The summed E-state index contributed by atoms with van der Waals surface area (Å²) >= 11 is 4.16. The second-order valence-corrected chi connectivity index (χ2v) is 11.1. The number of aliphatic hydroxyl groups excluding tert-OH is 1. The molecule has 35 heavy (non-hydrogen) atoms. The molecule has 1 saturated heterocycles. The summed E-state index contributed by atoms with van der Waals surface area (Å²) in [6, 6.07) is 13.3. The van der Waals surface area contributed by atoms with Gasteiger partial charge in [0.05, 0.1) is 6.10 Å². The maximum atomic E-state index is 12.5. The fourth-order valence-electron chi connectivity index (χ4n) is 3.79. The first kappa shape index (κ1) is 25.5. The highest BCUT2D eigenvalue weighted by Crippen LogP contribution is 2.22. The molecule has 1 amide bonds. The molecule has 3 aromatic rings. The van der Waals surface area contributed by atoms with Gasteiger partial charge in [-0.3, -0.25) is 9.80 Å². The van der Waals surface area contributed by atoms with Crippen molar-refractivity contribution in [2.24, 2.45) is 0 Å². The number of carbonyl (C=O) groups is 2. The molecule has 2 N–H and O–H groups in total. The van der Waals surface area contributed by atoms with Crippen molar-refractivity contribution in [1.29, 1.82) is 0 Å². The van der Waals surface area contributed by atoms with E-state index in [2.05, 4.69) is 11.8 Å². The van der Waals surface area contributed by atoms with Crippen LogP contribution < -0.4 is 0 Å². The topological polar surface area (TPSA) is 81.1 Å². The van der Waals surface area contributed by atoms with Crippen LogP contribution in [0.25, 0.3) is 0 Å². The molecule has 1 fully saturated rings. The Bertz CT molecular complexity index is 1210. The third kappa shape index (κ3) is 7.43. The lowest BCUT2D eigenvalue weighted by Crippen LogP contribution is -2.51. The number of thioether (sulfide) groups is 1. The number of hydrogen-bond donors (Lipinski definition) is 2. The molecule has 1 aliphatic rings. The molecule has 0 radical (unpaired) electrons. The number of hydrazine groups is 1. The number of benzene rings is 1. The van der Waals surface area contributed by atoms with Gasteiger partial charge >= 0.3 is 5.97 Å². The highest BCUT2D eigenvalue weighted by molar-refractivity contribution is 8.13. The van der Waals surface area contributed by atoms with E-state index in [-0.39, 0.29) is 5.24 Å². The number of amides is 1. The smallest absolute Gasteiger partial charge is 0.345 e. The quantitative estimate of drug-likeness (QED) is 0.389. The molecule has 0 spiro atoms. The molecular formula is C26H26N2O4S3. The number of rotatable bonds is 9. The molecular weight excluding hydrogens is 500 g/mol.